The minimum Gasteiger partial charge on any atom is -0.507 e. The highest BCUT2D eigenvalue weighted by atomic mass is 32.2. The number of hydrogen-bond acceptors (Lipinski definition) is 7. The lowest BCUT2D eigenvalue weighted by Gasteiger charge is -2.19. The van der Waals surface area contributed by atoms with E-state index < -0.39 is 32.2 Å². The quantitative estimate of drug-likeness (QED) is 0.458. The summed E-state index contributed by atoms with van der Waals surface area (Å²) in [6.07, 6.45) is 5.73. The summed E-state index contributed by atoms with van der Waals surface area (Å²) in [5.74, 6) is -1.57. The molecule has 0 aliphatic rings. The molecular formula is C21H18FN5O4S. The Morgan fingerprint density at radius 2 is 1.84 bits per heavy atom. The third kappa shape index (κ3) is 3.90. The number of phenolic OH excluding ortho intramolecular Hbond substituents is 2. The summed E-state index contributed by atoms with van der Waals surface area (Å²) in [6, 6.07) is 9.46. The minimum absolute atomic E-state index is 0.0510. The molecule has 0 aliphatic carbocycles. The molecule has 0 aliphatic heterocycles. The second-order valence-electron chi connectivity index (χ2n) is 6.87. The van der Waals surface area contributed by atoms with Gasteiger partial charge in [-0.15, -0.1) is 0 Å². The maximum atomic E-state index is 14.3. The van der Waals surface area contributed by atoms with Gasteiger partial charge >= 0.3 is 0 Å². The number of benzene rings is 2. The van der Waals surface area contributed by atoms with Crippen LogP contribution in [0.2, 0.25) is 0 Å². The molecule has 4 rings (SSSR count). The Morgan fingerprint density at radius 1 is 1.06 bits per heavy atom. The van der Waals surface area contributed by atoms with Crippen LogP contribution in [0.1, 0.15) is 5.69 Å². The van der Waals surface area contributed by atoms with Crippen LogP contribution in [-0.4, -0.2) is 49.7 Å². The summed E-state index contributed by atoms with van der Waals surface area (Å²) in [5.41, 5.74) is 0.814. The number of phenols is 2. The number of hydrogen-bond donors (Lipinski definition) is 2. The molecule has 0 spiro atoms. The Labute approximate surface area is 183 Å². The summed E-state index contributed by atoms with van der Waals surface area (Å²) in [7, 11) is -2.85. The van der Waals surface area contributed by atoms with Gasteiger partial charge in [0.05, 0.1) is 24.1 Å². The fourth-order valence-electron chi connectivity index (χ4n) is 3.18. The molecule has 0 atom stereocenters. The average Bonchev–Trinajstić information content (AvgIpc) is 3.24. The van der Waals surface area contributed by atoms with Gasteiger partial charge in [-0.25, -0.2) is 17.5 Å². The molecule has 164 valence electrons. The van der Waals surface area contributed by atoms with Crippen molar-refractivity contribution in [3.05, 3.63) is 78.8 Å². The Morgan fingerprint density at radius 3 is 2.56 bits per heavy atom. The van der Waals surface area contributed by atoms with E-state index in [1.165, 1.54) is 60.8 Å². The van der Waals surface area contributed by atoms with E-state index in [0.29, 0.717) is 5.69 Å². The number of aromatic hydroxyl groups is 2. The van der Waals surface area contributed by atoms with E-state index in [4.69, 9.17) is 0 Å². The van der Waals surface area contributed by atoms with E-state index in [2.05, 4.69) is 15.1 Å². The summed E-state index contributed by atoms with van der Waals surface area (Å²) >= 11 is 0. The van der Waals surface area contributed by atoms with E-state index in [9.17, 15) is 23.0 Å². The van der Waals surface area contributed by atoms with E-state index in [0.717, 1.165) is 16.4 Å². The van der Waals surface area contributed by atoms with Gasteiger partial charge in [0.15, 0.2) is 0 Å². The van der Waals surface area contributed by atoms with Gasteiger partial charge in [-0.2, -0.15) is 9.40 Å². The third-order valence-corrected chi connectivity index (χ3v) is 6.60. The first-order chi connectivity index (χ1) is 15.3. The lowest BCUT2D eigenvalue weighted by molar-refractivity contribution is 0.428. The Balaban J connectivity index is 1.79. The van der Waals surface area contributed by atoms with Crippen LogP contribution < -0.4 is 0 Å². The normalized spacial score (nSPS) is 11.7. The van der Waals surface area contributed by atoms with Crippen LogP contribution in [0.4, 0.5) is 4.39 Å². The SMILES string of the molecule is CN(Cc1cnccn1)S(=O)(=O)c1cc(-c2ccnn2-c2ccccc2F)c(O)cc1O. The van der Waals surface area contributed by atoms with Crippen molar-refractivity contribution in [2.45, 2.75) is 11.4 Å². The van der Waals surface area contributed by atoms with Crippen LogP contribution in [0.15, 0.2) is 72.1 Å². The lowest BCUT2D eigenvalue weighted by Crippen LogP contribution is -2.27. The van der Waals surface area contributed by atoms with Crippen LogP contribution in [0.5, 0.6) is 11.5 Å². The van der Waals surface area contributed by atoms with Crippen molar-refractivity contribution in [1.29, 1.82) is 0 Å². The molecule has 0 saturated heterocycles. The van der Waals surface area contributed by atoms with Crippen molar-refractivity contribution >= 4 is 10.0 Å². The molecule has 2 aromatic heterocycles. The van der Waals surface area contributed by atoms with Crippen LogP contribution in [0.25, 0.3) is 16.9 Å². The zero-order valence-corrected chi connectivity index (χ0v) is 17.6. The standard InChI is InChI=1S/C21H18FN5O4S/c1-26(13-14-12-23-8-9-24-14)32(30,31)21-10-15(19(28)11-20(21)29)17-6-7-25-27(17)18-5-3-2-4-16(18)22/h2-12,28-29H,13H2,1H3. The Hall–Kier alpha value is -3.83. The number of halogens is 1. The molecule has 0 radical (unpaired) electrons. The molecule has 0 fully saturated rings. The van der Waals surface area contributed by atoms with Crippen molar-refractivity contribution in [3.63, 3.8) is 0 Å². The van der Waals surface area contributed by atoms with Crippen LogP contribution in [-0.2, 0) is 16.6 Å². The smallest absolute Gasteiger partial charge is 0.246 e. The fraction of sp³-hybridized carbons (Fsp3) is 0.0952. The highest BCUT2D eigenvalue weighted by Gasteiger charge is 2.27. The maximum Gasteiger partial charge on any atom is 0.246 e. The Kier molecular flexibility index (Phi) is 5.59. The molecule has 4 aromatic rings. The van der Waals surface area contributed by atoms with Gasteiger partial charge in [-0.05, 0) is 24.3 Å². The van der Waals surface area contributed by atoms with Gasteiger partial charge in [-0.3, -0.25) is 9.97 Å². The van der Waals surface area contributed by atoms with Crippen molar-refractivity contribution in [2.75, 3.05) is 7.05 Å². The molecule has 32 heavy (non-hydrogen) atoms. The van der Waals surface area contributed by atoms with E-state index in [1.54, 1.807) is 6.07 Å². The second-order valence-corrected chi connectivity index (χ2v) is 8.89. The molecule has 11 heteroatoms. The van der Waals surface area contributed by atoms with Gasteiger partial charge in [0, 0.05) is 37.3 Å². The van der Waals surface area contributed by atoms with Crippen molar-refractivity contribution in [2.24, 2.45) is 0 Å². The first-order valence-corrected chi connectivity index (χ1v) is 10.8. The van der Waals surface area contributed by atoms with Crippen LogP contribution >= 0.6 is 0 Å². The van der Waals surface area contributed by atoms with Gasteiger partial charge in [-0.1, -0.05) is 12.1 Å². The predicted molar refractivity (Wildman–Crippen MR) is 113 cm³/mol. The minimum atomic E-state index is -4.18. The molecule has 2 N–H and O–H groups in total. The largest absolute Gasteiger partial charge is 0.507 e. The summed E-state index contributed by atoms with van der Waals surface area (Å²) in [5, 5.41) is 24.9. The predicted octanol–water partition coefficient (Wildman–Crippen LogP) is 2.70. The molecule has 0 saturated carbocycles. The lowest BCUT2D eigenvalue weighted by atomic mass is 10.1. The highest BCUT2D eigenvalue weighted by Crippen LogP contribution is 2.38. The van der Waals surface area contributed by atoms with Crippen molar-refractivity contribution < 1.29 is 23.0 Å². The van der Waals surface area contributed by atoms with Crippen molar-refractivity contribution in [1.82, 2.24) is 24.1 Å². The van der Waals surface area contributed by atoms with Gasteiger partial charge in [0.1, 0.15) is 27.9 Å². The maximum absolute atomic E-state index is 14.3. The molecule has 2 heterocycles. The first-order valence-electron chi connectivity index (χ1n) is 9.35. The number of sulfonamides is 1. The number of rotatable bonds is 6. The van der Waals surface area contributed by atoms with Crippen LogP contribution in [0.3, 0.4) is 0 Å². The zero-order valence-electron chi connectivity index (χ0n) is 16.8. The highest BCUT2D eigenvalue weighted by molar-refractivity contribution is 7.89. The van der Waals surface area contributed by atoms with Gasteiger partial charge < -0.3 is 10.2 Å². The molecule has 2 aromatic carbocycles. The zero-order chi connectivity index (χ0) is 22.9. The summed E-state index contributed by atoms with van der Waals surface area (Å²) < 4.78 is 42.9. The first kappa shape index (κ1) is 21.4. The van der Waals surface area contributed by atoms with E-state index in [-0.39, 0.29) is 23.5 Å². The average molecular weight is 455 g/mol. The van der Waals surface area contributed by atoms with E-state index >= 15 is 0 Å². The fourth-order valence-corrected chi connectivity index (χ4v) is 4.41. The molecule has 0 amide bonds. The van der Waals surface area contributed by atoms with E-state index in [1.807, 2.05) is 0 Å². The number of aromatic nitrogens is 4. The van der Waals surface area contributed by atoms with Gasteiger partial charge in [0.2, 0.25) is 10.0 Å². The summed E-state index contributed by atoms with van der Waals surface area (Å²) in [6.45, 7) is -0.0843. The number of nitrogens with zero attached hydrogens (tertiary/aromatic N) is 5. The molecule has 0 unspecified atom stereocenters. The Bertz CT molecular complexity index is 1380. The summed E-state index contributed by atoms with van der Waals surface area (Å²) in [4.78, 5) is 7.53. The topological polar surface area (TPSA) is 121 Å². The molecule has 9 nitrogen and oxygen atoms in total. The second kappa shape index (κ2) is 8.36. The van der Waals surface area contributed by atoms with Crippen molar-refractivity contribution in [3.8, 4) is 28.4 Å². The number of para-hydroxylation sites is 1. The monoisotopic (exact) mass is 455 g/mol. The third-order valence-electron chi connectivity index (χ3n) is 4.77. The van der Waals surface area contributed by atoms with Gasteiger partial charge in [0.25, 0.3) is 0 Å². The molecular weight excluding hydrogens is 437 g/mol. The van der Waals surface area contributed by atoms with Crippen LogP contribution in [0, 0.1) is 5.82 Å². The molecule has 0 bridgehead atoms.